The second kappa shape index (κ2) is 4.49. The topological polar surface area (TPSA) is 53.7 Å². The van der Waals surface area contributed by atoms with Crippen LogP contribution in [0.5, 0.6) is 0 Å². The number of aliphatic hydroxyl groups excluding tert-OH is 1. The van der Waals surface area contributed by atoms with Crippen LogP contribution in [-0.4, -0.2) is 35.6 Å². The molecule has 0 aliphatic carbocycles. The number of likely N-dealkylation sites (tertiary alicyclic amines) is 1. The molecule has 1 saturated heterocycles. The molecule has 82 valence electrons. The summed E-state index contributed by atoms with van der Waals surface area (Å²) in [5.41, 5.74) is 0. The maximum Gasteiger partial charge on any atom is 0.289 e. The van der Waals surface area contributed by atoms with E-state index >= 15 is 0 Å². The fourth-order valence-electron chi connectivity index (χ4n) is 1.95. The van der Waals surface area contributed by atoms with Crippen LogP contribution in [-0.2, 0) is 0 Å². The molecule has 2 heterocycles. The first-order valence-electron chi connectivity index (χ1n) is 5.25. The highest BCUT2D eigenvalue weighted by Gasteiger charge is 2.25. The molecule has 1 aromatic rings. The largest absolute Gasteiger partial charge is 0.459 e. The summed E-state index contributed by atoms with van der Waals surface area (Å²) in [4.78, 5) is 13.6. The number of furan rings is 1. The summed E-state index contributed by atoms with van der Waals surface area (Å²) in [6.07, 6.45) is 3.46. The summed E-state index contributed by atoms with van der Waals surface area (Å²) >= 11 is 0. The Labute approximate surface area is 88.5 Å². The van der Waals surface area contributed by atoms with Gasteiger partial charge in [-0.15, -0.1) is 0 Å². The van der Waals surface area contributed by atoms with Gasteiger partial charge in [0.25, 0.3) is 5.91 Å². The van der Waals surface area contributed by atoms with Gasteiger partial charge in [0.1, 0.15) is 0 Å². The third-order valence-electron chi connectivity index (χ3n) is 2.80. The van der Waals surface area contributed by atoms with Crippen molar-refractivity contribution in [1.82, 2.24) is 4.90 Å². The zero-order valence-electron chi connectivity index (χ0n) is 8.56. The molecule has 15 heavy (non-hydrogen) atoms. The van der Waals surface area contributed by atoms with Crippen molar-refractivity contribution in [3.8, 4) is 0 Å². The van der Waals surface area contributed by atoms with Gasteiger partial charge >= 0.3 is 0 Å². The molecule has 1 aliphatic heterocycles. The monoisotopic (exact) mass is 209 g/mol. The first-order valence-corrected chi connectivity index (χ1v) is 5.25. The van der Waals surface area contributed by atoms with Gasteiger partial charge < -0.3 is 14.4 Å². The molecule has 1 amide bonds. The van der Waals surface area contributed by atoms with Gasteiger partial charge in [0, 0.05) is 19.7 Å². The number of piperidine rings is 1. The van der Waals surface area contributed by atoms with E-state index in [9.17, 15) is 4.79 Å². The van der Waals surface area contributed by atoms with E-state index in [0.717, 1.165) is 19.4 Å². The molecule has 0 bridgehead atoms. The summed E-state index contributed by atoms with van der Waals surface area (Å²) in [6, 6.07) is 3.38. The number of amides is 1. The van der Waals surface area contributed by atoms with Gasteiger partial charge in [-0.2, -0.15) is 0 Å². The molecule has 4 heteroatoms. The third-order valence-corrected chi connectivity index (χ3v) is 2.80. The van der Waals surface area contributed by atoms with Crippen molar-refractivity contribution in [3.63, 3.8) is 0 Å². The van der Waals surface area contributed by atoms with E-state index in [4.69, 9.17) is 9.52 Å². The highest BCUT2D eigenvalue weighted by molar-refractivity contribution is 5.91. The van der Waals surface area contributed by atoms with E-state index < -0.39 is 0 Å². The minimum Gasteiger partial charge on any atom is -0.459 e. The maximum absolute atomic E-state index is 11.9. The predicted octanol–water partition coefficient (Wildman–Crippen LogP) is 1.12. The Morgan fingerprint density at radius 1 is 1.67 bits per heavy atom. The quantitative estimate of drug-likeness (QED) is 0.794. The average molecular weight is 209 g/mol. The number of aliphatic hydroxyl groups is 1. The Hall–Kier alpha value is -1.29. The minimum absolute atomic E-state index is 0.0712. The molecule has 1 atom stereocenters. The Kier molecular flexibility index (Phi) is 3.06. The first-order chi connectivity index (χ1) is 7.31. The van der Waals surface area contributed by atoms with Gasteiger partial charge in [-0.05, 0) is 30.9 Å². The number of carbonyl (C=O) groups excluding carboxylic acids is 1. The second-order valence-corrected chi connectivity index (χ2v) is 3.92. The van der Waals surface area contributed by atoms with Gasteiger partial charge in [-0.3, -0.25) is 4.79 Å². The Morgan fingerprint density at radius 3 is 3.20 bits per heavy atom. The standard InChI is InChI=1S/C11H15NO3/c13-8-9-3-1-5-12(7-9)11(14)10-4-2-6-15-10/h2,4,6,9,13H,1,3,5,7-8H2. The molecule has 1 unspecified atom stereocenters. The van der Waals surface area contributed by atoms with Gasteiger partial charge in [0.2, 0.25) is 0 Å². The first kappa shape index (κ1) is 10.2. The van der Waals surface area contributed by atoms with E-state index in [2.05, 4.69) is 0 Å². The lowest BCUT2D eigenvalue weighted by Gasteiger charge is -2.31. The third kappa shape index (κ3) is 2.21. The molecule has 0 aromatic carbocycles. The Morgan fingerprint density at radius 2 is 2.53 bits per heavy atom. The molecular weight excluding hydrogens is 194 g/mol. The second-order valence-electron chi connectivity index (χ2n) is 3.92. The Balaban J connectivity index is 2.01. The van der Waals surface area contributed by atoms with Crippen LogP contribution in [0.2, 0.25) is 0 Å². The van der Waals surface area contributed by atoms with E-state index in [-0.39, 0.29) is 18.4 Å². The molecule has 2 rings (SSSR count). The Bertz CT molecular complexity index is 321. The smallest absolute Gasteiger partial charge is 0.289 e. The van der Waals surface area contributed by atoms with Gasteiger partial charge in [-0.25, -0.2) is 0 Å². The summed E-state index contributed by atoms with van der Waals surface area (Å²) in [5.74, 6) is 0.532. The predicted molar refractivity (Wildman–Crippen MR) is 54.4 cm³/mol. The summed E-state index contributed by atoms with van der Waals surface area (Å²) < 4.78 is 5.06. The lowest BCUT2D eigenvalue weighted by atomic mass is 9.99. The molecule has 1 aliphatic rings. The summed E-state index contributed by atoms with van der Waals surface area (Å²) in [6.45, 7) is 1.55. The van der Waals surface area contributed by atoms with Crippen molar-refractivity contribution in [2.45, 2.75) is 12.8 Å². The molecule has 1 aromatic heterocycles. The minimum atomic E-state index is -0.0712. The summed E-state index contributed by atoms with van der Waals surface area (Å²) in [5, 5.41) is 9.06. The van der Waals surface area contributed by atoms with Crippen LogP contribution in [0.25, 0.3) is 0 Å². The highest BCUT2D eigenvalue weighted by atomic mass is 16.3. The zero-order chi connectivity index (χ0) is 10.7. The molecule has 1 fully saturated rings. The van der Waals surface area contributed by atoms with Crippen LogP contribution >= 0.6 is 0 Å². The normalized spacial score (nSPS) is 21.7. The summed E-state index contributed by atoms with van der Waals surface area (Å²) in [7, 11) is 0. The fraction of sp³-hybridized carbons (Fsp3) is 0.545. The van der Waals surface area contributed by atoms with E-state index in [0.29, 0.717) is 12.3 Å². The lowest BCUT2D eigenvalue weighted by molar-refractivity contribution is 0.0590. The van der Waals surface area contributed by atoms with Gasteiger partial charge in [0.15, 0.2) is 5.76 Å². The van der Waals surface area contributed by atoms with Crippen LogP contribution in [0.3, 0.4) is 0 Å². The van der Waals surface area contributed by atoms with E-state index in [1.54, 1.807) is 17.0 Å². The van der Waals surface area contributed by atoms with Crippen LogP contribution < -0.4 is 0 Å². The molecule has 0 radical (unpaired) electrons. The van der Waals surface area contributed by atoms with Crippen molar-refractivity contribution < 1.29 is 14.3 Å². The number of carbonyl (C=O) groups is 1. The van der Waals surface area contributed by atoms with Gasteiger partial charge in [0.05, 0.1) is 6.26 Å². The van der Waals surface area contributed by atoms with Crippen molar-refractivity contribution in [2.24, 2.45) is 5.92 Å². The number of rotatable bonds is 2. The molecule has 0 spiro atoms. The van der Waals surface area contributed by atoms with E-state index in [1.165, 1.54) is 6.26 Å². The van der Waals surface area contributed by atoms with Crippen LogP contribution in [0.15, 0.2) is 22.8 Å². The van der Waals surface area contributed by atoms with E-state index in [1.807, 2.05) is 0 Å². The van der Waals surface area contributed by atoms with Crippen molar-refractivity contribution in [1.29, 1.82) is 0 Å². The SMILES string of the molecule is O=C(c1ccco1)N1CCCC(CO)C1. The number of hydrogen-bond donors (Lipinski definition) is 1. The van der Waals surface area contributed by atoms with Crippen molar-refractivity contribution >= 4 is 5.91 Å². The van der Waals surface area contributed by atoms with Gasteiger partial charge in [-0.1, -0.05) is 0 Å². The van der Waals surface area contributed by atoms with Crippen LogP contribution in [0.1, 0.15) is 23.4 Å². The molecular formula is C11H15NO3. The fourth-order valence-corrected chi connectivity index (χ4v) is 1.95. The average Bonchev–Trinajstić information content (AvgIpc) is 2.81. The molecule has 0 saturated carbocycles. The maximum atomic E-state index is 11.9. The van der Waals surface area contributed by atoms with Crippen molar-refractivity contribution in [2.75, 3.05) is 19.7 Å². The highest BCUT2D eigenvalue weighted by Crippen LogP contribution is 2.18. The number of nitrogens with zero attached hydrogens (tertiary/aromatic N) is 1. The van der Waals surface area contributed by atoms with Crippen LogP contribution in [0, 0.1) is 5.92 Å². The zero-order valence-corrected chi connectivity index (χ0v) is 8.56. The molecule has 4 nitrogen and oxygen atoms in total. The molecule has 1 N–H and O–H groups in total. The number of hydrogen-bond acceptors (Lipinski definition) is 3. The lowest BCUT2D eigenvalue weighted by Crippen LogP contribution is -2.40. The van der Waals surface area contributed by atoms with Crippen molar-refractivity contribution in [3.05, 3.63) is 24.2 Å². The van der Waals surface area contributed by atoms with Crippen LogP contribution in [0.4, 0.5) is 0 Å².